The Hall–Kier alpha value is -1.83. The van der Waals surface area contributed by atoms with E-state index in [4.69, 9.17) is 16.3 Å². The van der Waals surface area contributed by atoms with Crippen LogP contribution in [0.2, 0.25) is 5.02 Å². The Morgan fingerprint density at radius 1 is 1.11 bits per heavy atom. The molecule has 27 heavy (non-hydrogen) atoms. The second kappa shape index (κ2) is 11.1. The van der Waals surface area contributed by atoms with Gasteiger partial charge >= 0.3 is 6.03 Å². The van der Waals surface area contributed by atoms with Gasteiger partial charge in [-0.3, -0.25) is 19.9 Å². The van der Waals surface area contributed by atoms with Gasteiger partial charge in [0.15, 0.2) is 0 Å². The van der Waals surface area contributed by atoms with Gasteiger partial charge < -0.3 is 10.1 Å². The van der Waals surface area contributed by atoms with Gasteiger partial charge in [-0.15, -0.1) is 0 Å². The van der Waals surface area contributed by atoms with Crippen molar-refractivity contribution in [2.24, 2.45) is 5.92 Å². The molecule has 0 atom stereocenters. The summed E-state index contributed by atoms with van der Waals surface area (Å²) >= 11 is 5.85. The van der Waals surface area contributed by atoms with Crippen molar-refractivity contribution in [1.82, 2.24) is 20.4 Å². The van der Waals surface area contributed by atoms with Crippen molar-refractivity contribution in [3.63, 3.8) is 0 Å². The summed E-state index contributed by atoms with van der Waals surface area (Å²) in [4.78, 5) is 27.9. The van der Waals surface area contributed by atoms with Crippen LogP contribution in [0.25, 0.3) is 0 Å². The molecule has 1 aromatic rings. The van der Waals surface area contributed by atoms with E-state index >= 15 is 0 Å². The predicted octanol–water partition coefficient (Wildman–Crippen LogP) is 1.82. The lowest BCUT2D eigenvalue weighted by Crippen LogP contribution is -2.51. The average molecular weight is 397 g/mol. The van der Waals surface area contributed by atoms with Crippen LogP contribution in [-0.2, 0) is 4.79 Å². The minimum Gasteiger partial charge on any atom is -0.492 e. The number of halogens is 1. The number of nitrogens with one attached hydrogen (secondary N) is 2. The van der Waals surface area contributed by atoms with Crippen molar-refractivity contribution in [1.29, 1.82) is 0 Å². The fourth-order valence-electron chi connectivity index (χ4n) is 2.70. The Morgan fingerprint density at radius 3 is 2.37 bits per heavy atom. The predicted molar refractivity (Wildman–Crippen MR) is 106 cm³/mol. The number of piperazine rings is 1. The number of hydrogen-bond acceptors (Lipinski definition) is 5. The van der Waals surface area contributed by atoms with E-state index in [1.807, 2.05) is 38.1 Å². The Kier molecular flexibility index (Phi) is 8.84. The molecule has 1 fully saturated rings. The Bertz CT molecular complexity index is 601. The van der Waals surface area contributed by atoms with Crippen LogP contribution in [0.5, 0.6) is 5.75 Å². The number of carbonyl (C=O) groups excluding carboxylic acids is 2. The van der Waals surface area contributed by atoms with E-state index < -0.39 is 6.03 Å². The second-order valence-electron chi connectivity index (χ2n) is 7.07. The smallest absolute Gasteiger partial charge is 0.321 e. The van der Waals surface area contributed by atoms with Crippen molar-refractivity contribution < 1.29 is 14.3 Å². The van der Waals surface area contributed by atoms with Crippen molar-refractivity contribution in [3.05, 3.63) is 29.3 Å². The van der Waals surface area contributed by atoms with E-state index in [0.717, 1.165) is 38.5 Å². The van der Waals surface area contributed by atoms with Gasteiger partial charge in [-0.1, -0.05) is 25.4 Å². The third-order valence-corrected chi connectivity index (χ3v) is 4.50. The number of imide groups is 1. The number of urea groups is 1. The third-order valence-electron chi connectivity index (χ3n) is 4.25. The standard InChI is InChI=1S/C19H29ClN4O3/c1-15(2)13-21-19(26)22-18(25)14-24-9-7-23(8-10-24)11-12-27-17-5-3-16(20)4-6-17/h3-6,15H,7-14H2,1-2H3,(H2,21,22,25,26). The molecule has 2 N–H and O–H groups in total. The van der Waals surface area contributed by atoms with E-state index in [1.54, 1.807) is 0 Å². The number of hydrogen-bond donors (Lipinski definition) is 2. The zero-order valence-corrected chi connectivity index (χ0v) is 16.8. The summed E-state index contributed by atoms with van der Waals surface area (Å²) in [7, 11) is 0. The molecular formula is C19H29ClN4O3. The van der Waals surface area contributed by atoms with E-state index in [9.17, 15) is 9.59 Å². The van der Waals surface area contributed by atoms with E-state index in [1.165, 1.54) is 0 Å². The number of rotatable bonds is 8. The highest BCUT2D eigenvalue weighted by atomic mass is 35.5. The topological polar surface area (TPSA) is 73.9 Å². The van der Waals surface area contributed by atoms with Gasteiger partial charge in [0, 0.05) is 44.3 Å². The SMILES string of the molecule is CC(C)CNC(=O)NC(=O)CN1CCN(CCOc2ccc(Cl)cc2)CC1. The number of carbonyl (C=O) groups is 2. The van der Waals surface area contributed by atoms with Crippen molar-refractivity contribution >= 4 is 23.5 Å². The van der Waals surface area contributed by atoms with Crippen LogP contribution >= 0.6 is 11.6 Å². The highest BCUT2D eigenvalue weighted by Crippen LogP contribution is 2.15. The number of nitrogens with zero attached hydrogens (tertiary/aromatic N) is 2. The molecule has 0 spiro atoms. The van der Waals surface area contributed by atoms with Crippen LogP contribution in [0.3, 0.4) is 0 Å². The fraction of sp³-hybridized carbons (Fsp3) is 0.579. The lowest BCUT2D eigenvalue weighted by molar-refractivity contribution is -0.121. The fourth-order valence-corrected chi connectivity index (χ4v) is 2.83. The Labute approximate surface area is 166 Å². The lowest BCUT2D eigenvalue weighted by Gasteiger charge is -2.34. The van der Waals surface area contributed by atoms with Crippen LogP contribution in [0.15, 0.2) is 24.3 Å². The molecule has 0 radical (unpaired) electrons. The minimum atomic E-state index is -0.424. The van der Waals surface area contributed by atoms with Gasteiger partial charge in [-0.05, 0) is 30.2 Å². The molecule has 0 bridgehead atoms. The van der Waals surface area contributed by atoms with Gasteiger partial charge in [0.2, 0.25) is 5.91 Å². The summed E-state index contributed by atoms with van der Waals surface area (Å²) in [6.07, 6.45) is 0. The molecule has 8 heteroatoms. The van der Waals surface area contributed by atoms with Gasteiger partial charge in [0.1, 0.15) is 12.4 Å². The first-order chi connectivity index (χ1) is 12.9. The molecule has 1 aliphatic rings. The van der Waals surface area contributed by atoms with Crippen LogP contribution in [0.1, 0.15) is 13.8 Å². The van der Waals surface area contributed by atoms with Gasteiger partial charge in [-0.25, -0.2) is 4.79 Å². The van der Waals surface area contributed by atoms with Gasteiger partial charge in [-0.2, -0.15) is 0 Å². The maximum Gasteiger partial charge on any atom is 0.321 e. The Morgan fingerprint density at radius 2 is 1.74 bits per heavy atom. The molecule has 150 valence electrons. The third kappa shape index (κ3) is 8.60. The molecule has 1 aliphatic heterocycles. The molecule has 0 saturated carbocycles. The summed E-state index contributed by atoms with van der Waals surface area (Å²) in [6.45, 7) is 9.57. The van der Waals surface area contributed by atoms with Gasteiger partial charge in [0.25, 0.3) is 0 Å². The maximum atomic E-state index is 11.9. The zero-order valence-electron chi connectivity index (χ0n) is 16.0. The number of benzene rings is 1. The normalized spacial score (nSPS) is 15.6. The summed E-state index contributed by atoms with van der Waals surface area (Å²) in [5.74, 6) is 0.892. The van der Waals surface area contributed by atoms with Crippen molar-refractivity contribution in [2.75, 3.05) is 52.4 Å². The molecule has 0 unspecified atom stereocenters. The number of ether oxygens (including phenoxy) is 1. The summed E-state index contributed by atoms with van der Waals surface area (Å²) in [5.41, 5.74) is 0. The van der Waals surface area contributed by atoms with Crippen LogP contribution in [0.4, 0.5) is 4.79 Å². The second-order valence-corrected chi connectivity index (χ2v) is 7.51. The first-order valence-electron chi connectivity index (χ1n) is 9.33. The molecule has 7 nitrogen and oxygen atoms in total. The lowest BCUT2D eigenvalue weighted by atomic mass is 10.2. The molecule has 3 amide bonds. The average Bonchev–Trinajstić information content (AvgIpc) is 2.63. The van der Waals surface area contributed by atoms with Crippen LogP contribution < -0.4 is 15.4 Å². The summed E-state index contributed by atoms with van der Waals surface area (Å²) in [5, 5.41) is 5.75. The highest BCUT2D eigenvalue weighted by molar-refractivity contribution is 6.30. The first-order valence-corrected chi connectivity index (χ1v) is 9.71. The largest absolute Gasteiger partial charge is 0.492 e. The molecule has 0 aliphatic carbocycles. The first kappa shape index (κ1) is 21.5. The number of amides is 3. The highest BCUT2D eigenvalue weighted by Gasteiger charge is 2.19. The summed E-state index contributed by atoms with van der Waals surface area (Å²) in [6, 6.07) is 6.91. The minimum absolute atomic E-state index is 0.240. The van der Waals surface area contributed by atoms with Crippen LogP contribution in [0, 0.1) is 5.92 Å². The zero-order chi connectivity index (χ0) is 19.6. The molecule has 1 aromatic carbocycles. The van der Waals surface area contributed by atoms with E-state index in [-0.39, 0.29) is 12.5 Å². The van der Waals surface area contributed by atoms with Crippen molar-refractivity contribution in [2.45, 2.75) is 13.8 Å². The van der Waals surface area contributed by atoms with Crippen LogP contribution in [-0.4, -0.2) is 74.2 Å². The molecule has 1 heterocycles. The molecule has 1 saturated heterocycles. The molecular weight excluding hydrogens is 368 g/mol. The van der Waals surface area contributed by atoms with E-state index in [0.29, 0.717) is 24.1 Å². The summed E-state index contributed by atoms with van der Waals surface area (Å²) < 4.78 is 5.72. The molecule has 0 aromatic heterocycles. The molecule has 2 rings (SSSR count). The maximum absolute atomic E-state index is 11.9. The van der Waals surface area contributed by atoms with Gasteiger partial charge in [0.05, 0.1) is 6.54 Å². The Balaban J connectivity index is 1.58. The van der Waals surface area contributed by atoms with E-state index in [2.05, 4.69) is 20.4 Å². The monoisotopic (exact) mass is 396 g/mol. The quantitative estimate of drug-likeness (QED) is 0.701. The van der Waals surface area contributed by atoms with Crippen molar-refractivity contribution in [3.8, 4) is 5.75 Å².